The van der Waals surface area contributed by atoms with Crippen LogP contribution in [0.25, 0.3) is 71.3 Å². The largest absolute Gasteiger partial charge is 0.388 e. The fraction of sp³-hybridized carbons (Fsp3) is 0.216. The van der Waals surface area contributed by atoms with Crippen LogP contribution in [-0.2, 0) is 4.74 Å². The molecule has 0 saturated carbocycles. The average molecular weight is 700 g/mol. The third kappa shape index (κ3) is 9.14. The molecule has 0 saturated heterocycles. The van der Waals surface area contributed by atoms with Crippen LogP contribution in [0.2, 0.25) is 0 Å². The summed E-state index contributed by atoms with van der Waals surface area (Å²) < 4.78 is 4.25. The molecule has 0 aliphatic carbocycles. The van der Waals surface area contributed by atoms with E-state index < -0.39 is 0 Å². The zero-order chi connectivity index (χ0) is 38.2. The van der Waals surface area contributed by atoms with Gasteiger partial charge in [0.25, 0.3) is 0 Å². The molecule has 0 radical (unpaired) electrons. The second-order valence-corrected chi connectivity index (χ2v) is 12.6. The van der Waals surface area contributed by atoms with Crippen molar-refractivity contribution in [3.8, 4) is 33.4 Å². The van der Waals surface area contributed by atoms with Gasteiger partial charge < -0.3 is 10.1 Å². The molecule has 272 valence electrons. The Labute approximate surface area is 318 Å². The summed E-state index contributed by atoms with van der Waals surface area (Å²) in [7, 11) is 3.25. The van der Waals surface area contributed by atoms with Crippen molar-refractivity contribution in [2.24, 2.45) is 0 Å². The second kappa shape index (κ2) is 20.6. The molecule has 8 rings (SSSR count). The first-order valence-electron chi connectivity index (χ1n) is 19.2. The topological polar surface area (TPSA) is 21.3 Å². The Morgan fingerprint density at radius 2 is 0.906 bits per heavy atom. The summed E-state index contributed by atoms with van der Waals surface area (Å²) in [6.45, 7) is 15.3. The summed E-state index contributed by atoms with van der Waals surface area (Å²) in [6.07, 6.45) is 5.68. The van der Waals surface area contributed by atoms with E-state index in [9.17, 15) is 0 Å². The number of rotatable bonds is 4. The van der Waals surface area contributed by atoms with Gasteiger partial charge >= 0.3 is 0 Å². The van der Waals surface area contributed by atoms with Gasteiger partial charge in [0.1, 0.15) is 0 Å². The van der Waals surface area contributed by atoms with E-state index in [4.69, 9.17) is 0 Å². The molecule has 0 fully saturated rings. The van der Waals surface area contributed by atoms with Crippen molar-refractivity contribution in [2.75, 3.05) is 20.8 Å². The molecule has 7 aromatic rings. The first-order chi connectivity index (χ1) is 26.1. The molecule has 2 heteroatoms. The maximum Gasteiger partial charge on any atom is 0.0355 e. The molecule has 0 atom stereocenters. The molecule has 0 unspecified atom stereocenters. The Morgan fingerprint density at radius 3 is 1.45 bits per heavy atom. The van der Waals surface area contributed by atoms with Gasteiger partial charge in [0.05, 0.1) is 0 Å². The summed E-state index contributed by atoms with van der Waals surface area (Å²) in [5.41, 5.74) is 11.4. The lowest BCUT2D eigenvalue weighted by Crippen LogP contribution is -2.12. The molecule has 7 aromatic carbocycles. The number of methoxy groups -OCH3 is 1. The van der Waals surface area contributed by atoms with Crippen LogP contribution in [0.4, 0.5) is 0 Å². The van der Waals surface area contributed by atoms with Gasteiger partial charge in [0, 0.05) is 27.0 Å². The highest BCUT2D eigenvalue weighted by Crippen LogP contribution is 2.46. The first-order valence-corrected chi connectivity index (χ1v) is 19.2. The summed E-state index contributed by atoms with van der Waals surface area (Å²) in [5, 5.41) is 11.1. The van der Waals surface area contributed by atoms with Gasteiger partial charge in [-0.2, -0.15) is 0 Å². The normalized spacial score (nSPS) is 11.6. The molecule has 0 aromatic heterocycles. The SMILES string of the molecule is CC.CC.CC1=CC(c2cccc(-c3c4ccccc4c(-c4cccc5c(-c6ccccc6)cccc45)c4ccccc34)c2)=CNC1.CCC.COC. The predicted octanol–water partition coefficient (Wildman–Crippen LogP) is 14.8. The molecular weight excluding hydrogens is 643 g/mol. The van der Waals surface area contributed by atoms with E-state index in [1.54, 1.807) is 14.2 Å². The van der Waals surface area contributed by atoms with Crippen molar-refractivity contribution < 1.29 is 4.74 Å². The van der Waals surface area contributed by atoms with E-state index in [1.165, 1.54) is 88.8 Å². The van der Waals surface area contributed by atoms with E-state index in [1.807, 2.05) is 27.7 Å². The summed E-state index contributed by atoms with van der Waals surface area (Å²) in [5.74, 6) is 0. The number of allylic oxidation sites excluding steroid dienone is 2. The zero-order valence-electron chi connectivity index (χ0n) is 33.3. The molecule has 53 heavy (non-hydrogen) atoms. The molecule has 2 nitrogen and oxygen atoms in total. The van der Waals surface area contributed by atoms with Crippen molar-refractivity contribution in [2.45, 2.75) is 54.9 Å². The minimum Gasteiger partial charge on any atom is -0.388 e. The average Bonchev–Trinajstić information content (AvgIpc) is 3.22. The maximum atomic E-state index is 4.25. The van der Waals surface area contributed by atoms with Gasteiger partial charge in [-0.3, -0.25) is 0 Å². The lowest BCUT2D eigenvalue weighted by molar-refractivity contribution is 0.277. The number of ether oxygens (including phenoxy) is 1. The third-order valence-electron chi connectivity index (χ3n) is 8.73. The van der Waals surface area contributed by atoms with Crippen LogP contribution in [0.3, 0.4) is 0 Å². The van der Waals surface area contributed by atoms with E-state index in [-0.39, 0.29) is 0 Å². The summed E-state index contributed by atoms with van der Waals surface area (Å²) in [4.78, 5) is 0. The van der Waals surface area contributed by atoms with Gasteiger partial charge in [0.2, 0.25) is 0 Å². The predicted molar refractivity (Wildman–Crippen MR) is 237 cm³/mol. The fourth-order valence-electron chi connectivity index (χ4n) is 6.83. The quantitative estimate of drug-likeness (QED) is 0.185. The van der Waals surface area contributed by atoms with Crippen LogP contribution >= 0.6 is 0 Å². The number of hydrogen-bond acceptors (Lipinski definition) is 2. The standard InChI is InChI=1S/C42H31N.C3H8.C2H6O.2C2H6/c1-28-24-32(27-43-26-28)30-14-9-15-31(25-30)41-37-16-5-7-18-39(37)42(40-19-8-6-17-38(40)41)36-23-11-21-34-33(20-10-22-35(34)36)29-12-3-2-4-13-29;2*1-3-2;2*1-2/h2-25,27,43H,26H2,1H3;3H2,1-2H3;1-2H3;2*1-2H3. The summed E-state index contributed by atoms with van der Waals surface area (Å²) >= 11 is 0. The van der Waals surface area contributed by atoms with E-state index in [0.717, 1.165) is 6.54 Å². The highest BCUT2D eigenvalue weighted by Gasteiger charge is 2.19. The Balaban J connectivity index is 0.000000573. The molecule has 1 aliphatic heterocycles. The number of hydrogen-bond donors (Lipinski definition) is 1. The van der Waals surface area contributed by atoms with E-state index in [2.05, 4.69) is 183 Å². The van der Waals surface area contributed by atoms with Gasteiger partial charge in [0.15, 0.2) is 0 Å². The van der Waals surface area contributed by atoms with Crippen molar-refractivity contribution in [3.63, 3.8) is 0 Å². The molecule has 0 bridgehead atoms. The third-order valence-corrected chi connectivity index (χ3v) is 8.73. The van der Waals surface area contributed by atoms with Crippen molar-refractivity contribution in [1.29, 1.82) is 0 Å². The number of dihydropyridines is 1. The molecular formula is C51H57NO. The van der Waals surface area contributed by atoms with Gasteiger partial charge in [-0.25, -0.2) is 0 Å². The molecule has 1 aliphatic rings. The number of benzene rings is 7. The number of fused-ring (bicyclic) bond motifs is 3. The first kappa shape index (κ1) is 40.3. The van der Waals surface area contributed by atoms with Crippen molar-refractivity contribution in [1.82, 2.24) is 5.32 Å². The van der Waals surface area contributed by atoms with Crippen LogP contribution in [-0.4, -0.2) is 20.8 Å². The Kier molecular flexibility index (Phi) is 15.6. The maximum absolute atomic E-state index is 4.25. The van der Waals surface area contributed by atoms with Gasteiger partial charge in [-0.1, -0.05) is 193 Å². The number of nitrogens with one attached hydrogen (secondary N) is 1. The Morgan fingerprint density at radius 1 is 0.491 bits per heavy atom. The minimum absolute atomic E-state index is 0.904. The Hall–Kier alpha value is -5.44. The zero-order valence-corrected chi connectivity index (χ0v) is 33.3. The minimum atomic E-state index is 0.904. The molecule has 1 heterocycles. The molecule has 0 amide bonds. The summed E-state index contributed by atoms with van der Waals surface area (Å²) in [6, 6.07) is 51.1. The van der Waals surface area contributed by atoms with Crippen LogP contribution < -0.4 is 5.32 Å². The monoisotopic (exact) mass is 699 g/mol. The second-order valence-electron chi connectivity index (χ2n) is 12.6. The highest BCUT2D eigenvalue weighted by molar-refractivity contribution is 6.24. The van der Waals surface area contributed by atoms with E-state index >= 15 is 0 Å². The Bertz CT molecular complexity index is 2220. The highest BCUT2D eigenvalue weighted by atomic mass is 16.4. The van der Waals surface area contributed by atoms with E-state index in [0.29, 0.717) is 0 Å². The van der Waals surface area contributed by atoms with Crippen LogP contribution in [0.1, 0.15) is 60.5 Å². The van der Waals surface area contributed by atoms with Gasteiger partial charge in [-0.05, 0) is 89.8 Å². The van der Waals surface area contributed by atoms with Crippen LogP contribution in [0.15, 0.2) is 157 Å². The van der Waals surface area contributed by atoms with Crippen LogP contribution in [0, 0.1) is 0 Å². The lowest BCUT2D eigenvalue weighted by atomic mass is 9.83. The fourth-order valence-corrected chi connectivity index (χ4v) is 6.83. The lowest BCUT2D eigenvalue weighted by Gasteiger charge is -2.20. The molecule has 0 spiro atoms. The molecule has 1 N–H and O–H groups in total. The van der Waals surface area contributed by atoms with Crippen LogP contribution in [0.5, 0.6) is 0 Å². The smallest absolute Gasteiger partial charge is 0.0355 e. The van der Waals surface area contributed by atoms with Crippen molar-refractivity contribution in [3.05, 3.63) is 163 Å². The van der Waals surface area contributed by atoms with Gasteiger partial charge in [-0.15, -0.1) is 0 Å². The van der Waals surface area contributed by atoms with Crippen molar-refractivity contribution >= 4 is 37.9 Å².